The van der Waals surface area contributed by atoms with E-state index in [-0.39, 0.29) is 29.8 Å². The lowest BCUT2D eigenvalue weighted by Gasteiger charge is -2.06. The third kappa shape index (κ3) is 6.62. The highest BCUT2D eigenvalue weighted by atomic mass is 35.5. The molecule has 0 saturated carbocycles. The summed E-state index contributed by atoms with van der Waals surface area (Å²) >= 11 is 5.19. The average Bonchev–Trinajstić information content (AvgIpc) is 1.96. The first-order valence-corrected chi connectivity index (χ1v) is 4.68. The molecular weight excluding hydrogens is 211 g/mol. The molecule has 0 aromatic carbocycles. The molecule has 0 radical (unpaired) electrons. The number of nitriles is 1. The van der Waals surface area contributed by atoms with Gasteiger partial charge in [0.2, 0.25) is 0 Å². The van der Waals surface area contributed by atoms with Crippen LogP contribution in [0.2, 0.25) is 0 Å². The highest BCUT2D eigenvalue weighted by Crippen LogP contribution is 2.31. The molecular formula is C6H7ClF3NS. The van der Waals surface area contributed by atoms with Crippen LogP contribution in [0.25, 0.3) is 0 Å². The van der Waals surface area contributed by atoms with Gasteiger partial charge in [-0.25, -0.2) is 0 Å². The number of nitrogens with zero attached hydrogens (tertiary/aromatic N) is 1. The van der Waals surface area contributed by atoms with Crippen molar-refractivity contribution >= 4 is 23.4 Å². The van der Waals surface area contributed by atoms with Crippen molar-refractivity contribution in [3.63, 3.8) is 0 Å². The quantitative estimate of drug-likeness (QED) is 0.676. The van der Waals surface area contributed by atoms with Crippen molar-refractivity contribution in [1.29, 1.82) is 5.26 Å². The summed E-state index contributed by atoms with van der Waals surface area (Å²) in [4.78, 5) is 0. The lowest BCUT2D eigenvalue weighted by molar-refractivity contribution is -0.0328. The standard InChI is InChI=1S/C6H7ClF3NS/c7-3-5(4-11)1-2-12-6(8,9)10/h5H,1-3H2. The Morgan fingerprint density at radius 2 is 2.08 bits per heavy atom. The Labute approximate surface area is 77.9 Å². The van der Waals surface area contributed by atoms with E-state index in [0.717, 1.165) is 0 Å². The molecule has 0 bridgehead atoms. The monoisotopic (exact) mass is 217 g/mol. The SMILES string of the molecule is N#CC(CCl)CCSC(F)(F)F. The van der Waals surface area contributed by atoms with Gasteiger partial charge in [-0.3, -0.25) is 0 Å². The van der Waals surface area contributed by atoms with Gasteiger partial charge in [0.1, 0.15) is 0 Å². The molecule has 0 aromatic rings. The van der Waals surface area contributed by atoms with Crippen molar-refractivity contribution in [2.45, 2.75) is 11.9 Å². The largest absolute Gasteiger partial charge is 0.441 e. The number of rotatable bonds is 4. The van der Waals surface area contributed by atoms with E-state index in [4.69, 9.17) is 16.9 Å². The molecule has 0 amide bonds. The minimum Gasteiger partial charge on any atom is -0.198 e. The van der Waals surface area contributed by atoms with Crippen LogP contribution in [0.15, 0.2) is 0 Å². The van der Waals surface area contributed by atoms with Gasteiger partial charge in [0.05, 0.1) is 12.0 Å². The number of thioether (sulfide) groups is 1. The molecule has 0 aliphatic carbocycles. The first kappa shape index (κ1) is 11.9. The van der Waals surface area contributed by atoms with Crippen molar-refractivity contribution in [2.24, 2.45) is 5.92 Å². The van der Waals surface area contributed by atoms with E-state index in [1.807, 2.05) is 6.07 Å². The van der Waals surface area contributed by atoms with E-state index in [1.54, 1.807) is 0 Å². The van der Waals surface area contributed by atoms with Crippen LogP contribution in [0.1, 0.15) is 6.42 Å². The third-order valence-corrected chi connectivity index (χ3v) is 2.24. The van der Waals surface area contributed by atoms with Gasteiger partial charge in [-0.15, -0.1) is 11.6 Å². The molecule has 0 spiro atoms. The Hall–Kier alpha value is -0.0800. The van der Waals surface area contributed by atoms with Crippen molar-refractivity contribution in [3.8, 4) is 6.07 Å². The second-order valence-corrected chi connectivity index (χ2v) is 3.53. The fourth-order valence-corrected chi connectivity index (χ4v) is 1.35. The van der Waals surface area contributed by atoms with Crippen molar-refractivity contribution in [1.82, 2.24) is 0 Å². The molecule has 1 unspecified atom stereocenters. The van der Waals surface area contributed by atoms with Crippen LogP contribution in [0.4, 0.5) is 13.2 Å². The van der Waals surface area contributed by atoms with Crippen LogP contribution >= 0.6 is 23.4 Å². The van der Waals surface area contributed by atoms with E-state index in [9.17, 15) is 13.2 Å². The molecule has 6 heteroatoms. The maximum absolute atomic E-state index is 11.6. The average molecular weight is 218 g/mol. The van der Waals surface area contributed by atoms with E-state index >= 15 is 0 Å². The van der Waals surface area contributed by atoms with Gasteiger partial charge in [0.15, 0.2) is 0 Å². The molecule has 0 saturated heterocycles. The minimum atomic E-state index is -4.20. The Kier molecular flexibility index (Phi) is 5.51. The highest BCUT2D eigenvalue weighted by Gasteiger charge is 2.27. The van der Waals surface area contributed by atoms with Crippen LogP contribution in [-0.4, -0.2) is 17.1 Å². The molecule has 0 heterocycles. The molecule has 0 aliphatic heterocycles. The summed E-state index contributed by atoms with van der Waals surface area (Å²) in [6, 6.07) is 1.83. The molecule has 0 rings (SSSR count). The topological polar surface area (TPSA) is 23.8 Å². The minimum absolute atomic E-state index is 0.0922. The molecule has 70 valence electrons. The second kappa shape index (κ2) is 5.55. The predicted octanol–water partition coefficient (Wildman–Crippen LogP) is 3.01. The summed E-state index contributed by atoms with van der Waals surface area (Å²) in [5, 5.41) is 8.33. The molecule has 12 heavy (non-hydrogen) atoms. The summed E-state index contributed by atoms with van der Waals surface area (Å²) in [7, 11) is 0. The summed E-state index contributed by atoms with van der Waals surface area (Å²) in [5.74, 6) is -0.481. The molecule has 0 fully saturated rings. The van der Waals surface area contributed by atoms with E-state index < -0.39 is 11.4 Å². The lowest BCUT2D eigenvalue weighted by atomic mass is 10.1. The van der Waals surface area contributed by atoms with Crippen LogP contribution in [0.3, 0.4) is 0 Å². The summed E-state index contributed by atoms with van der Waals surface area (Å²) in [6.07, 6.45) is 0.185. The number of hydrogen-bond acceptors (Lipinski definition) is 2. The Morgan fingerprint density at radius 1 is 1.50 bits per heavy atom. The molecule has 0 aliphatic rings. The van der Waals surface area contributed by atoms with Gasteiger partial charge in [-0.2, -0.15) is 18.4 Å². The number of hydrogen-bond donors (Lipinski definition) is 0. The first-order valence-electron chi connectivity index (χ1n) is 3.16. The second-order valence-electron chi connectivity index (χ2n) is 2.06. The summed E-state index contributed by atoms with van der Waals surface area (Å²) < 4.78 is 34.7. The normalized spacial score (nSPS) is 13.9. The Bertz CT molecular complexity index is 165. The Balaban J connectivity index is 3.50. The van der Waals surface area contributed by atoms with Gasteiger partial charge in [0, 0.05) is 11.6 Å². The zero-order valence-electron chi connectivity index (χ0n) is 6.07. The van der Waals surface area contributed by atoms with Gasteiger partial charge in [-0.1, -0.05) is 11.8 Å². The first-order chi connectivity index (χ1) is 5.49. The summed E-state index contributed by atoms with van der Waals surface area (Å²) in [5.41, 5.74) is -4.20. The number of halogens is 4. The summed E-state index contributed by atoms with van der Waals surface area (Å²) in [6.45, 7) is 0. The van der Waals surface area contributed by atoms with E-state index in [0.29, 0.717) is 0 Å². The van der Waals surface area contributed by atoms with Crippen LogP contribution in [0.5, 0.6) is 0 Å². The zero-order chi connectivity index (χ0) is 9.61. The van der Waals surface area contributed by atoms with Crippen LogP contribution < -0.4 is 0 Å². The van der Waals surface area contributed by atoms with Gasteiger partial charge < -0.3 is 0 Å². The van der Waals surface area contributed by atoms with Crippen molar-refractivity contribution < 1.29 is 13.2 Å². The Morgan fingerprint density at radius 3 is 2.42 bits per heavy atom. The maximum Gasteiger partial charge on any atom is 0.441 e. The van der Waals surface area contributed by atoms with Gasteiger partial charge >= 0.3 is 5.51 Å². The van der Waals surface area contributed by atoms with Gasteiger partial charge in [0.25, 0.3) is 0 Å². The smallest absolute Gasteiger partial charge is 0.198 e. The molecule has 0 N–H and O–H groups in total. The fraction of sp³-hybridized carbons (Fsp3) is 0.833. The third-order valence-electron chi connectivity index (χ3n) is 1.10. The maximum atomic E-state index is 11.6. The lowest BCUT2D eigenvalue weighted by Crippen LogP contribution is -2.05. The number of alkyl halides is 4. The van der Waals surface area contributed by atoms with E-state index in [1.165, 1.54) is 0 Å². The van der Waals surface area contributed by atoms with Crippen LogP contribution in [-0.2, 0) is 0 Å². The van der Waals surface area contributed by atoms with Crippen molar-refractivity contribution in [2.75, 3.05) is 11.6 Å². The zero-order valence-corrected chi connectivity index (χ0v) is 7.64. The molecule has 1 nitrogen and oxygen atoms in total. The highest BCUT2D eigenvalue weighted by molar-refractivity contribution is 8.00. The fourth-order valence-electron chi connectivity index (χ4n) is 0.493. The molecule has 0 aromatic heterocycles. The van der Waals surface area contributed by atoms with Gasteiger partial charge in [-0.05, 0) is 6.42 Å². The van der Waals surface area contributed by atoms with E-state index in [2.05, 4.69) is 0 Å². The predicted molar refractivity (Wildman–Crippen MR) is 43.0 cm³/mol. The van der Waals surface area contributed by atoms with Crippen molar-refractivity contribution in [3.05, 3.63) is 0 Å². The van der Waals surface area contributed by atoms with Crippen LogP contribution in [0, 0.1) is 17.2 Å². The molecule has 1 atom stereocenters.